The minimum Gasteiger partial charge on any atom is -0.264 e. The highest BCUT2D eigenvalue weighted by Crippen LogP contribution is 2.29. The van der Waals surface area contributed by atoms with Crippen molar-refractivity contribution in [3.05, 3.63) is 10.1 Å². The first kappa shape index (κ1) is 8.78. The molecule has 1 aliphatic rings. The number of halogens is 1. The largest absolute Gasteiger partial charge is 0.264 e. The van der Waals surface area contributed by atoms with Gasteiger partial charge in [0.15, 0.2) is 0 Å². The molecule has 0 aromatic rings. The molecule has 11 heavy (non-hydrogen) atoms. The molecule has 1 rings (SSSR count). The number of hydrogen-bond acceptors (Lipinski definition) is 2. The highest BCUT2D eigenvalue weighted by atomic mass is 35.5. The van der Waals surface area contributed by atoms with Crippen molar-refractivity contribution in [2.75, 3.05) is 0 Å². The maximum Gasteiger partial charge on any atom is 0.229 e. The second kappa shape index (κ2) is 3.39. The first-order valence-corrected chi connectivity index (χ1v) is 4.32. The van der Waals surface area contributed by atoms with E-state index in [4.69, 9.17) is 11.6 Å². The highest BCUT2D eigenvalue weighted by molar-refractivity contribution is 6.21. The second-order valence-electron chi connectivity index (χ2n) is 3.29. The van der Waals surface area contributed by atoms with Gasteiger partial charge in [0.05, 0.1) is 0 Å². The van der Waals surface area contributed by atoms with Crippen LogP contribution in [-0.4, -0.2) is 16.3 Å². The van der Waals surface area contributed by atoms with E-state index in [9.17, 15) is 10.1 Å². The second-order valence-corrected chi connectivity index (χ2v) is 3.85. The van der Waals surface area contributed by atoms with Crippen molar-refractivity contribution in [2.45, 2.75) is 37.6 Å². The van der Waals surface area contributed by atoms with Crippen LogP contribution >= 0.6 is 11.6 Å². The molecule has 1 fully saturated rings. The fourth-order valence-corrected chi connectivity index (χ4v) is 2.06. The van der Waals surface area contributed by atoms with Crippen LogP contribution in [-0.2, 0) is 0 Å². The molecule has 0 radical (unpaired) electrons. The van der Waals surface area contributed by atoms with Crippen molar-refractivity contribution in [3.63, 3.8) is 0 Å². The number of rotatable bonds is 1. The Morgan fingerprint density at radius 3 is 2.64 bits per heavy atom. The Hall–Kier alpha value is -0.310. The van der Waals surface area contributed by atoms with E-state index >= 15 is 0 Å². The summed E-state index contributed by atoms with van der Waals surface area (Å²) in [7, 11) is 0. The predicted octanol–water partition coefficient (Wildman–Crippen LogP) is 2.06. The van der Waals surface area contributed by atoms with Gasteiger partial charge in [-0.25, -0.2) is 0 Å². The molecular formula is C7H12ClNO2. The molecule has 4 heteroatoms. The maximum atomic E-state index is 10.4. The molecule has 3 nitrogen and oxygen atoms in total. The topological polar surface area (TPSA) is 43.1 Å². The molecule has 64 valence electrons. The van der Waals surface area contributed by atoms with Crippen molar-refractivity contribution in [1.82, 2.24) is 0 Å². The van der Waals surface area contributed by atoms with E-state index in [-0.39, 0.29) is 10.3 Å². The van der Waals surface area contributed by atoms with E-state index in [0.29, 0.717) is 12.3 Å². The molecule has 0 N–H and O–H groups in total. The van der Waals surface area contributed by atoms with Crippen molar-refractivity contribution in [3.8, 4) is 0 Å². The van der Waals surface area contributed by atoms with Crippen LogP contribution in [0.25, 0.3) is 0 Å². The van der Waals surface area contributed by atoms with Gasteiger partial charge in [-0.3, -0.25) is 10.1 Å². The molecule has 0 spiro atoms. The minimum absolute atomic E-state index is 0.246. The lowest BCUT2D eigenvalue weighted by Crippen LogP contribution is -2.35. The first-order valence-electron chi connectivity index (χ1n) is 3.89. The van der Waals surface area contributed by atoms with E-state index in [1.165, 1.54) is 0 Å². The number of nitrogens with zero attached hydrogens (tertiary/aromatic N) is 1. The third-order valence-corrected chi connectivity index (χ3v) is 2.74. The summed E-state index contributed by atoms with van der Waals surface area (Å²) in [5.41, 5.74) is 0. The lowest BCUT2D eigenvalue weighted by molar-refractivity contribution is -0.525. The predicted molar refractivity (Wildman–Crippen MR) is 43.4 cm³/mol. The van der Waals surface area contributed by atoms with Gasteiger partial charge in [0.2, 0.25) is 6.04 Å². The van der Waals surface area contributed by atoms with Gasteiger partial charge in [-0.15, -0.1) is 11.6 Å². The number of alkyl halides is 1. The van der Waals surface area contributed by atoms with Crippen molar-refractivity contribution in [2.24, 2.45) is 5.92 Å². The van der Waals surface area contributed by atoms with Crippen molar-refractivity contribution in [1.29, 1.82) is 0 Å². The van der Waals surface area contributed by atoms with E-state index in [1.54, 1.807) is 0 Å². The molecular weight excluding hydrogens is 166 g/mol. The van der Waals surface area contributed by atoms with Gasteiger partial charge in [-0.1, -0.05) is 6.92 Å². The average Bonchev–Trinajstić information content (AvgIpc) is 1.85. The molecule has 0 saturated heterocycles. The average molecular weight is 178 g/mol. The van der Waals surface area contributed by atoms with Crippen LogP contribution in [0.15, 0.2) is 0 Å². The summed E-state index contributed by atoms with van der Waals surface area (Å²) >= 11 is 5.83. The monoisotopic (exact) mass is 177 g/mol. The summed E-state index contributed by atoms with van der Waals surface area (Å²) in [6, 6.07) is -0.507. The molecule has 0 aromatic carbocycles. The van der Waals surface area contributed by atoms with Gasteiger partial charge in [0, 0.05) is 11.3 Å². The summed E-state index contributed by atoms with van der Waals surface area (Å²) in [6.07, 6.45) is 2.37. The Kier molecular flexibility index (Phi) is 2.71. The molecule has 1 aliphatic carbocycles. The number of hydrogen-bond donors (Lipinski definition) is 0. The zero-order valence-corrected chi connectivity index (χ0v) is 7.25. The van der Waals surface area contributed by atoms with Gasteiger partial charge < -0.3 is 0 Å². The van der Waals surface area contributed by atoms with E-state index in [0.717, 1.165) is 12.8 Å². The summed E-state index contributed by atoms with van der Waals surface area (Å²) < 4.78 is 0. The quantitative estimate of drug-likeness (QED) is 0.350. The molecule has 1 saturated carbocycles. The van der Waals surface area contributed by atoms with Gasteiger partial charge in [0.1, 0.15) is 5.38 Å². The Balaban J connectivity index is 2.50. The van der Waals surface area contributed by atoms with Crippen LogP contribution in [0.4, 0.5) is 0 Å². The molecule has 3 unspecified atom stereocenters. The normalized spacial score (nSPS) is 38.5. The maximum absolute atomic E-state index is 10.4. The molecule has 0 aromatic heterocycles. The van der Waals surface area contributed by atoms with E-state index in [2.05, 4.69) is 6.92 Å². The summed E-state index contributed by atoms with van der Waals surface area (Å²) in [4.78, 5) is 10.1. The minimum atomic E-state index is -0.507. The smallest absolute Gasteiger partial charge is 0.229 e. The Morgan fingerprint density at radius 1 is 1.55 bits per heavy atom. The van der Waals surface area contributed by atoms with E-state index in [1.807, 2.05) is 0 Å². The van der Waals surface area contributed by atoms with Gasteiger partial charge in [0.25, 0.3) is 0 Å². The third-order valence-electron chi connectivity index (χ3n) is 2.27. The van der Waals surface area contributed by atoms with Crippen LogP contribution < -0.4 is 0 Å². The van der Waals surface area contributed by atoms with Crippen LogP contribution in [0, 0.1) is 16.0 Å². The molecule has 3 atom stereocenters. The van der Waals surface area contributed by atoms with Crippen LogP contribution in [0.2, 0.25) is 0 Å². The lowest BCUT2D eigenvalue weighted by Gasteiger charge is -2.24. The van der Waals surface area contributed by atoms with Crippen LogP contribution in [0.3, 0.4) is 0 Å². The Labute approximate surface area is 70.9 Å². The van der Waals surface area contributed by atoms with Crippen LogP contribution in [0.1, 0.15) is 26.2 Å². The van der Waals surface area contributed by atoms with Gasteiger partial charge >= 0.3 is 0 Å². The fraction of sp³-hybridized carbons (Fsp3) is 1.00. The third kappa shape index (κ3) is 2.06. The first-order chi connectivity index (χ1) is 5.11. The lowest BCUT2D eigenvalue weighted by atomic mass is 9.87. The van der Waals surface area contributed by atoms with Crippen molar-refractivity contribution < 1.29 is 4.92 Å². The molecule has 0 aliphatic heterocycles. The zero-order valence-electron chi connectivity index (χ0n) is 6.50. The van der Waals surface area contributed by atoms with Gasteiger partial charge in [-0.05, 0) is 18.8 Å². The summed E-state index contributed by atoms with van der Waals surface area (Å²) in [5, 5.41) is 10.1. The molecule has 0 bridgehead atoms. The number of nitro groups is 1. The zero-order chi connectivity index (χ0) is 8.43. The van der Waals surface area contributed by atoms with Gasteiger partial charge in [-0.2, -0.15) is 0 Å². The SMILES string of the molecule is CC1CCC([N+](=O)[O-])C(Cl)C1. The summed E-state index contributed by atoms with van der Waals surface area (Å²) in [6.45, 7) is 2.09. The Morgan fingerprint density at radius 2 is 2.18 bits per heavy atom. The van der Waals surface area contributed by atoms with Crippen LogP contribution in [0.5, 0.6) is 0 Å². The standard InChI is InChI=1S/C7H12ClNO2/c1-5-2-3-7(9(10)11)6(8)4-5/h5-7H,2-4H2,1H3. The highest BCUT2D eigenvalue weighted by Gasteiger charge is 2.34. The Bertz CT molecular complexity index is 163. The van der Waals surface area contributed by atoms with Crippen molar-refractivity contribution >= 4 is 11.6 Å². The fourth-order valence-electron chi connectivity index (χ4n) is 1.53. The molecule has 0 heterocycles. The van der Waals surface area contributed by atoms with E-state index < -0.39 is 6.04 Å². The molecule has 0 amide bonds. The summed E-state index contributed by atoms with van der Waals surface area (Å²) in [5.74, 6) is 0.550.